The predicted octanol–water partition coefficient (Wildman–Crippen LogP) is 1.75. The van der Waals surface area contributed by atoms with Crippen LogP contribution in [-0.2, 0) is 11.3 Å². The number of likely N-dealkylation sites (N-methyl/N-ethyl adjacent to an activating group) is 1. The van der Waals surface area contributed by atoms with Gasteiger partial charge in [0.05, 0.1) is 6.54 Å². The molecule has 1 atom stereocenters. The van der Waals surface area contributed by atoms with Crippen molar-refractivity contribution in [2.75, 3.05) is 32.7 Å². The average molecular weight is 312 g/mol. The van der Waals surface area contributed by atoms with E-state index in [4.69, 9.17) is 0 Å². The van der Waals surface area contributed by atoms with E-state index < -0.39 is 0 Å². The fraction of sp³-hybridized carbons (Fsp3) is 0.562. The zero-order chi connectivity index (χ0) is 14.4. The molecule has 21 heavy (non-hydrogen) atoms. The molecule has 0 saturated carbocycles. The number of rotatable bonds is 5. The monoisotopic (exact) mass is 311 g/mol. The number of hydrogen-bond donors (Lipinski definition) is 1. The summed E-state index contributed by atoms with van der Waals surface area (Å²) in [6.07, 6.45) is 0. The summed E-state index contributed by atoms with van der Waals surface area (Å²) in [6.45, 7) is 9.11. The topological polar surface area (TPSA) is 35.6 Å². The third kappa shape index (κ3) is 5.30. The predicted molar refractivity (Wildman–Crippen MR) is 88.7 cm³/mol. The van der Waals surface area contributed by atoms with E-state index in [9.17, 15) is 4.79 Å². The van der Waals surface area contributed by atoms with Gasteiger partial charge in [-0.3, -0.25) is 9.69 Å². The molecule has 2 rings (SSSR count). The zero-order valence-corrected chi connectivity index (χ0v) is 13.7. The van der Waals surface area contributed by atoms with Crippen molar-refractivity contribution in [3.05, 3.63) is 35.9 Å². The van der Waals surface area contributed by atoms with E-state index in [2.05, 4.69) is 29.3 Å². The Kier molecular flexibility index (Phi) is 7.72. The lowest BCUT2D eigenvalue weighted by Gasteiger charge is -2.34. The van der Waals surface area contributed by atoms with Crippen molar-refractivity contribution >= 4 is 18.3 Å². The molecule has 0 unspecified atom stereocenters. The fourth-order valence-electron chi connectivity index (χ4n) is 2.57. The number of amides is 1. The molecule has 1 N–H and O–H groups in total. The molecule has 0 aliphatic carbocycles. The van der Waals surface area contributed by atoms with Crippen LogP contribution >= 0.6 is 12.4 Å². The van der Waals surface area contributed by atoms with Crippen LogP contribution in [0.1, 0.15) is 19.4 Å². The molecular weight excluding hydrogens is 286 g/mol. The number of carbonyl (C=O) groups excluding carboxylic acids is 1. The first kappa shape index (κ1) is 18.0. The summed E-state index contributed by atoms with van der Waals surface area (Å²) in [5, 5.41) is 3.35. The minimum absolute atomic E-state index is 0. The Morgan fingerprint density at radius 2 is 2.10 bits per heavy atom. The highest BCUT2D eigenvalue weighted by molar-refractivity contribution is 5.85. The number of hydrogen-bond acceptors (Lipinski definition) is 3. The van der Waals surface area contributed by atoms with Crippen LogP contribution in [0.25, 0.3) is 0 Å². The van der Waals surface area contributed by atoms with Gasteiger partial charge in [-0.15, -0.1) is 12.4 Å². The van der Waals surface area contributed by atoms with Gasteiger partial charge in [-0.25, -0.2) is 0 Å². The van der Waals surface area contributed by atoms with Crippen molar-refractivity contribution in [2.45, 2.75) is 26.4 Å². The second-order valence-corrected chi connectivity index (χ2v) is 5.42. The quantitative estimate of drug-likeness (QED) is 0.900. The lowest BCUT2D eigenvalue weighted by Crippen LogP contribution is -2.53. The van der Waals surface area contributed by atoms with Gasteiger partial charge in [0.1, 0.15) is 0 Å². The summed E-state index contributed by atoms with van der Waals surface area (Å²) >= 11 is 0. The van der Waals surface area contributed by atoms with E-state index in [0.29, 0.717) is 19.1 Å². The average Bonchev–Trinajstić information content (AvgIpc) is 2.48. The van der Waals surface area contributed by atoms with Crippen molar-refractivity contribution in [1.82, 2.24) is 15.1 Å². The third-order valence-corrected chi connectivity index (χ3v) is 3.93. The van der Waals surface area contributed by atoms with Gasteiger partial charge in [-0.05, 0) is 19.4 Å². The summed E-state index contributed by atoms with van der Waals surface area (Å²) in [7, 11) is 0. The first-order valence-corrected chi connectivity index (χ1v) is 7.47. The number of nitrogens with one attached hydrogen (secondary N) is 1. The lowest BCUT2D eigenvalue weighted by molar-refractivity contribution is -0.133. The van der Waals surface area contributed by atoms with Gasteiger partial charge in [0.25, 0.3) is 0 Å². The fourth-order valence-corrected chi connectivity index (χ4v) is 2.57. The van der Waals surface area contributed by atoms with Gasteiger partial charge >= 0.3 is 0 Å². The Labute approximate surface area is 133 Å². The van der Waals surface area contributed by atoms with Gasteiger partial charge in [0.15, 0.2) is 0 Å². The van der Waals surface area contributed by atoms with Gasteiger partial charge < -0.3 is 10.2 Å². The molecule has 1 aromatic carbocycles. The Balaban J connectivity index is 0.00000220. The number of piperazine rings is 1. The summed E-state index contributed by atoms with van der Waals surface area (Å²) < 4.78 is 0. The molecule has 1 aromatic rings. The Hall–Kier alpha value is -1.10. The summed E-state index contributed by atoms with van der Waals surface area (Å²) in [4.78, 5) is 16.7. The van der Waals surface area contributed by atoms with Crippen molar-refractivity contribution in [3.8, 4) is 0 Å². The van der Waals surface area contributed by atoms with Gasteiger partial charge in [0, 0.05) is 38.8 Å². The molecule has 0 bridgehead atoms. The highest BCUT2D eigenvalue weighted by atomic mass is 35.5. The number of nitrogens with zero attached hydrogens (tertiary/aromatic N) is 2. The number of carbonyl (C=O) groups is 1. The van der Waals surface area contributed by atoms with Crippen LogP contribution in [0, 0.1) is 0 Å². The summed E-state index contributed by atoms with van der Waals surface area (Å²) in [5.74, 6) is 0.227. The molecule has 4 nitrogen and oxygen atoms in total. The van der Waals surface area contributed by atoms with Crippen LogP contribution in [0.4, 0.5) is 0 Å². The zero-order valence-electron chi connectivity index (χ0n) is 12.9. The molecule has 1 fully saturated rings. The maximum Gasteiger partial charge on any atom is 0.237 e. The van der Waals surface area contributed by atoms with E-state index in [-0.39, 0.29) is 18.3 Å². The minimum Gasteiger partial charge on any atom is -0.338 e. The molecule has 5 heteroatoms. The molecule has 1 saturated heterocycles. The van der Waals surface area contributed by atoms with Crippen LogP contribution in [0.2, 0.25) is 0 Å². The molecular formula is C16H26ClN3O. The van der Waals surface area contributed by atoms with Crippen molar-refractivity contribution in [2.24, 2.45) is 0 Å². The second kappa shape index (κ2) is 9.03. The van der Waals surface area contributed by atoms with E-state index in [0.717, 1.165) is 26.2 Å². The van der Waals surface area contributed by atoms with Crippen LogP contribution < -0.4 is 5.32 Å². The molecule has 1 aliphatic heterocycles. The van der Waals surface area contributed by atoms with Crippen molar-refractivity contribution < 1.29 is 4.79 Å². The Bertz CT molecular complexity index is 427. The highest BCUT2D eigenvalue weighted by Gasteiger charge is 2.22. The van der Waals surface area contributed by atoms with E-state index in [1.54, 1.807) is 0 Å². The Morgan fingerprint density at radius 1 is 1.38 bits per heavy atom. The number of benzene rings is 1. The van der Waals surface area contributed by atoms with E-state index in [1.165, 1.54) is 5.56 Å². The molecule has 0 radical (unpaired) electrons. The Morgan fingerprint density at radius 3 is 2.71 bits per heavy atom. The SMILES string of the molecule is CCN(Cc1ccccc1)C(=O)CN1CCNC[C@@H]1C.Cl. The normalized spacial score (nSPS) is 18.9. The van der Waals surface area contributed by atoms with Gasteiger partial charge in [-0.2, -0.15) is 0 Å². The summed E-state index contributed by atoms with van der Waals surface area (Å²) in [5.41, 5.74) is 1.19. The summed E-state index contributed by atoms with van der Waals surface area (Å²) in [6, 6.07) is 10.6. The van der Waals surface area contributed by atoms with Crippen LogP contribution in [-0.4, -0.2) is 54.5 Å². The standard InChI is InChI=1S/C16H25N3O.ClH/c1-3-18(12-15-7-5-4-6-8-15)16(20)13-19-10-9-17-11-14(19)2;/h4-8,14,17H,3,9-13H2,1-2H3;1H/t14-;/m0./s1. The maximum atomic E-state index is 12.5. The largest absolute Gasteiger partial charge is 0.338 e. The van der Waals surface area contributed by atoms with Crippen LogP contribution in [0.15, 0.2) is 30.3 Å². The van der Waals surface area contributed by atoms with E-state index >= 15 is 0 Å². The van der Waals surface area contributed by atoms with Gasteiger partial charge in [-0.1, -0.05) is 30.3 Å². The lowest BCUT2D eigenvalue weighted by atomic mass is 10.2. The van der Waals surface area contributed by atoms with E-state index in [1.807, 2.05) is 30.0 Å². The number of halogens is 1. The molecule has 0 spiro atoms. The highest BCUT2D eigenvalue weighted by Crippen LogP contribution is 2.07. The smallest absolute Gasteiger partial charge is 0.237 e. The maximum absolute atomic E-state index is 12.5. The third-order valence-electron chi connectivity index (χ3n) is 3.93. The second-order valence-electron chi connectivity index (χ2n) is 5.42. The molecule has 1 aliphatic rings. The van der Waals surface area contributed by atoms with Gasteiger partial charge in [0.2, 0.25) is 5.91 Å². The van der Waals surface area contributed by atoms with Crippen molar-refractivity contribution in [1.29, 1.82) is 0 Å². The molecule has 0 aromatic heterocycles. The first-order chi connectivity index (χ1) is 9.70. The van der Waals surface area contributed by atoms with Crippen molar-refractivity contribution in [3.63, 3.8) is 0 Å². The molecule has 118 valence electrons. The van der Waals surface area contributed by atoms with Crippen LogP contribution in [0.5, 0.6) is 0 Å². The molecule has 1 amide bonds. The van der Waals surface area contributed by atoms with Crippen LogP contribution in [0.3, 0.4) is 0 Å². The minimum atomic E-state index is 0. The first-order valence-electron chi connectivity index (χ1n) is 7.47. The molecule has 1 heterocycles.